The van der Waals surface area contributed by atoms with Crippen LogP contribution in [0.4, 0.5) is 8.78 Å². The van der Waals surface area contributed by atoms with Gasteiger partial charge in [0, 0.05) is 31.0 Å². The van der Waals surface area contributed by atoms with E-state index in [-0.39, 0.29) is 48.9 Å². The highest BCUT2D eigenvalue weighted by Gasteiger charge is 2.36. The third-order valence-corrected chi connectivity index (χ3v) is 8.11. The van der Waals surface area contributed by atoms with Gasteiger partial charge in [-0.05, 0) is 53.8 Å². The summed E-state index contributed by atoms with van der Waals surface area (Å²) < 4.78 is 29.5. The fourth-order valence-corrected chi connectivity index (χ4v) is 6.17. The highest BCUT2D eigenvalue weighted by Crippen LogP contribution is 2.33. The molecule has 1 heterocycles. The van der Waals surface area contributed by atoms with Crippen LogP contribution in [0.15, 0.2) is 30.3 Å². The van der Waals surface area contributed by atoms with E-state index in [1.807, 2.05) is 19.6 Å². The predicted octanol–water partition coefficient (Wildman–Crippen LogP) is 3.87. The molecule has 9 heteroatoms. The van der Waals surface area contributed by atoms with Crippen molar-refractivity contribution in [2.45, 2.75) is 57.8 Å². The van der Waals surface area contributed by atoms with Gasteiger partial charge in [-0.1, -0.05) is 25.7 Å². The molecule has 0 saturated carbocycles. The fraction of sp³-hybridized carbons (Fsp3) is 0.385. The third-order valence-electron chi connectivity index (χ3n) is 6.14. The van der Waals surface area contributed by atoms with E-state index in [1.165, 1.54) is 17.0 Å². The lowest BCUT2D eigenvalue weighted by molar-refractivity contribution is -0.141. The molecular formula is C26H28F2N2O4Si. The lowest BCUT2D eigenvalue weighted by Crippen LogP contribution is -2.44. The third kappa shape index (κ3) is 6.01. The lowest BCUT2D eigenvalue weighted by Gasteiger charge is -2.37. The van der Waals surface area contributed by atoms with Crippen molar-refractivity contribution >= 4 is 30.9 Å². The monoisotopic (exact) mass is 498 g/mol. The molecule has 2 aromatic rings. The zero-order chi connectivity index (χ0) is 25.9. The summed E-state index contributed by atoms with van der Waals surface area (Å²) in [5, 5.41) is 18.2. The molecule has 0 saturated heterocycles. The fourth-order valence-electron chi connectivity index (χ4n) is 4.59. The Morgan fingerprint density at radius 3 is 2.34 bits per heavy atom. The van der Waals surface area contributed by atoms with Gasteiger partial charge >= 0.3 is 5.97 Å². The van der Waals surface area contributed by atoms with Gasteiger partial charge in [0.15, 0.2) is 5.78 Å². The van der Waals surface area contributed by atoms with Crippen LogP contribution >= 0.6 is 0 Å². The number of benzene rings is 2. The number of carbonyl (C=O) groups excluding carboxylic acids is 2. The second-order valence-electron chi connectivity index (χ2n) is 9.84. The van der Waals surface area contributed by atoms with E-state index >= 15 is 0 Å². The number of carboxylic acids is 1. The van der Waals surface area contributed by atoms with Gasteiger partial charge in [-0.2, -0.15) is 5.26 Å². The Morgan fingerprint density at radius 2 is 1.77 bits per heavy atom. The molecule has 0 radical (unpaired) electrons. The number of carbonyl (C=O) groups is 3. The molecule has 2 aromatic carbocycles. The summed E-state index contributed by atoms with van der Waals surface area (Å²) >= 11 is 0. The van der Waals surface area contributed by atoms with Crippen LogP contribution < -0.4 is 5.19 Å². The maximum absolute atomic E-state index is 14.8. The van der Waals surface area contributed by atoms with Gasteiger partial charge in [0.05, 0.1) is 19.7 Å². The highest BCUT2D eigenvalue weighted by atomic mass is 28.3. The van der Waals surface area contributed by atoms with Crippen molar-refractivity contribution in [3.8, 4) is 6.07 Å². The number of rotatable bonds is 8. The largest absolute Gasteiger partial charge is 0.481 e. The molecule has 1 aliphatic heterocycles. The number of ketones is 1. The second-order valence-corrected chi connectivity index (χ2v) is 14.8. The van der Waals surface area contributed by atoms with Crippen molar-refractivity contribution in [2.24, 2.45) is 0 Å². The first-order valence-corrected chi connectivity index (χ1v) is 15.0. The minimum Gasteiger partial charge on any atom is -0.481 e. The summed E-state index contributed by atoms with van der Waals surface area (Å²) in [4.78, 5) is 38.7. The van der Waals surface area contributed by atoms with Gasteiger partial charge in [-0.3, -0.25) is 14.4 Å². The van der Waals surface area contributed by atoms with Gasteiger partial charge in [0.2, 0.25) is 5.91 Å². The SMILES string of the molecule is C[Si](C)(C)c1c(F)cc(CC(=O)[C@H]2c3ccc(C#N)cc3CCN2C(=O)CCCC(=O)O)cc1F. The number of nitriles is 1. The van der Waals surface area contributed by atoms with Crippen LogP contribution in [0.3, 0.4) is 0 Å². The van der Waals surface area contributed by atoms with Crippen LogP contribution in [0.5, 0.6) is 0 Å². The molecule has 1 N–H and O–H groups in total. The van der Waals surface area contributed by atoms with Gasteiger partial charge in [0.25, 0.3) is 0 Å². The first kappa shape index (κ1) is 26.2. The van der Waals surface area contributed by atoms with Crippen LogP contribution in [0.1, 0.15) is 47.6 Å². The Labute approximate surface area is 204 Å². The van der Waals surface area contributed by atoms with Crippen molar-refractivity contribution < 1.29 is 28.3 Å². The molecule has 0 fully saturated rings. The summed E-state index contributed by atoms with van der Waals surface area (Å²) in [6.07, 6.45) is 0.106. The van der Waals surface area contributed by atoms with Gasteiger partial charge < -0.3 is 10.0 Å². The summed E-state index contributed by atoms with van der Waals surface area (Å²) in [7, 11) is -2.28. The zero-order valence-electron chi connectivity index (χ0n) is 20.0. The summed E-state index contributed by atoms with van der Waals surface area (Å²) in [6, 6.07) is 8.36. The average Bonchev–Trinajstić information content (AvgIpc) is 2.75. The molecule has 1 atom stereocenters. The Kier molecular flexibility index (Phi) is 7.85. The number of carboxylic acid groups (broad SMARTS) is 1. The Balaban J connectivity index is 1.94. The minimum absolute atomic E-state index is 0.0319. The minimum atomic E-state index is -2.28. The molecule has 0 bridgehead atoms. The van der Waals surface area contributed by atoms with Crippen LogP contribution in [-0.2, 0) is 27.2 Å². The number of amides is 1. The van der Waals surface area contributed by atoms with Crippen molar-refractivity contribution in [3.63, 3.8) is 0 Å². The number of hydrogen-bond acceptors (Lipinski definition) is 4. The summed E-state index contributed by atoms with van der Waals surface area (Å²) in [6.45, 7) is 5.73. The van der Waals surface area contributed by atoms with Crippen LogP contribution in [0.2, 0.25) is 19.6 Å². The van der Waals surface area contributed by atoms with Crippen LogP contribution in [0.25, 0.3) is 0 Å². The summed E-state index contributed by atoms with van der Waals surface area (Å²) in [5.41, 5.74) is 1.96. The molecule has 6 nitrogen and oxygen atoms in total. The first-order valence-electron chi connectivity index (χ1n) is 11.5. The molecule has 0 unspecified atom stereocenters. The van der Waals surface area contributed by atoms with Gasteiger partial charge in [0.1, 0.15) is 17.7 Å². The quantitative estimate of drug-likeness (QED) is 0.557. The number of Topliss-reactive ketones (excluding diaryl/α,β-unsaturated/α-hetero) is 1. The molecule has 3 rings (SSSR count). The van der Waals surface area contributed by atoms with E-state index in [4.69, 9.17) is 5.11 Å². The van der Waals surface area contributed by atoms with Crippen molar-refractivity contribution in [3.05, 3.63) is 64.2 Å². The molecule has 0 aromatic heterocycles. The molecule has 35 heavy (non-hydrogen) atoms. The van der Waals surface area contributed by atoms with Gasteiger partial charge in [-0.15, -0.1) is 0 Å². The normalized spacial score (nSPS) is 15.3. The van der Waals surface area contributed by atoms with E-state index in [1.54, 1.807) is 18.2 Å². The topological polar surface area (TPSA) is 98.5 Å². The number of hydrogen-bond donors (Lipinski definition) is 1. The van der Waals surface area contributed by atoms with E-state index in [2.05, 4.69) is 6.07 Å². The zero-order valence-corrected chi connectivity index (χ0v) is 21.0. The number of aliphatic carboxylic acids is 1. The average molecular weight is 499 g/mol. The molecule has 1 aliphatic rings. The smallest absolute Gasteiger partial charge is 0.303 e. The maximum Gasteiger partial charge on any atom is 0.303 e. The van der Waals surface area contributed by atoms with E-state index < -0.39 is 37.5 Å². The highest BCUT2D eigenvalue weighted by molar-refractivity contribution is 6.88. The molecule has 1 amide bonds. The Morgan fingerprint density at radius 1 is 1.11 bits per heavy atom. The molecular weight excluding hydrogens is 470 g/mol. The van der Waals surface area contributed by atoms with Crippen LogP contribution in [0, 0.1) is 23.0 Å². The molecule has 0 aliphatic carbocycles. The maximum atomic E-state index is 14.8. The second kappa shape index (κ2) is 10.5. The predicted molar refractivity (Wildman–Crippen MR) is 129 cm³/mol. The van der Waals surface area contributed by atoms with E-state index in [0.717, 1.165) is 5.56 Å². The van der Waals surface area contributed by atoms with Crippen LogP contribution in [-0.4, -0.2) is 42.3 Å². The molecule has 0 spiro atoms. The number of halogens is 2. The first-order chi connectivity index (χ1) is 16.4. The van der Waals surface area contributed by atoms with Crippen molar-refractivity contribution in [1.82, 2.24) is 4.90 Å². The van der Waals surface area contributed by atoms with E-state index in [9.17, 15) is 28.4 Å². The lowest BCUT2D eigenvalue weighted by atomic mass is 9.87. The standard InChI is InChI=1S/C26H28F2N2O4Si/c1-35(2,3)26-20(27)12-17(13-21(26)28)14-22(31)25-19-8-7-16(15-29)11-18(19)9-10-30(25)23(32)5-4-6-24(33)34/h7-8,11-13,25H,4-6,9-10,14H2,1-3H3,(H,33,34)/t25-/m1/s1. The number of nitrogens with zero attached hydrogens (tertiary/aromatic N) is 2. The Hall–Kier alpha value is -3.38. The summed E-state index contributed by atoms with van der Waals surface area (Å²) in [5.74, 6) is -3.11. The van der Waals surface area contributed by atoms with Gasteiger partial charge in [-0.25, -0.2) is 8.78 Å². The number of fused-ring (bicyclic) bond motifs is 1. The Bertz CT molecular complexity index is 1190. The van der Waals surface area contributed by atoms with E-state index in [0.29, 0.717) is 17.5 Å². The van der Waals surface area contributed by atoms with Crippen molar-refractivity contribution in [2.75, 3.05) is 6.54 Å². The molecule has 184 valence electrons. The van der Waals surface area contributed by atoms with Crippen molar-refractivity contribution in [1.29, 1.82) is 5.26 Å².